The van der Waals surface area contributed by atoms with E-state index in [9.17, 15) is 8.42 Å². The molecule has 1 heterocycles. The van der Waals surface area contributed by atoms with Gasteiger partial charge in [-0.25, -0.2) is 0 Å². The average molecular weight is 228 g/mol. The Bertz CT molecular complexity index is 502. The molecule has 15 heavy (non-hydrogen) atoms. The van der Waals surface area contributed by atoms with Crippen molar-refractivity contribution in [1.82, 2.24) is 0 Å². The van der Waals surface area contributed by atoms with Gasteiger partial charge in [0, 0.05) is 6.42 Å². The summed E-state index contributed by atoms with van der Waals surface area (Å²) >= 11 is 0. The van der Waals surface area contributed by atoms with Gasteiger partial charge in [0.25, 0.3) is 10.1 Å². The fourth-order valence-corrected chi connectivity index (χ4v) is 2.28. The third-order valence-corrected chi connectivity index (χ3v) is 3.18. The molecule has 5 heteroatoms. The molecule has 82 valence electrons. The van der Waals surface area contributed by atoms with Crippen LogP contribution < -0.4 is 4.74 Å². The smallest absolute Gasteiger partial charge is 0.294 e. The largest absolute Gasteiger partial charge is 0.487 e. The lowest BCUT2D eigenvalue weighted by atomic mass is 10.0. The van der Waals surface area contributed by atoms with Crippen molar-refractivity contribution in [3.8, 4) is 5.75 Å². The quantitative estimate of drug-likeness (QED) is 0.742. The van der Waals surface area contributed by atoms with Gasteiger partial charge in [-0.3, -0.25) is 4.55 Å². The van der Waals surface area contributed by atoms with Gasteiger partial charge in [0.05, 0.1) is 4.90 Å². The highest BCUT2D eigenvalue weighted by molar-refractivity contribution is 7.85. The Labute approximate surface area is 88.6 Å². The van der Waals surface area contributed by atoms with Gasteiger partial charge in [0.15, 0.2) is 0 Å². The van der Waals surface area contributed by atoms with Gasteiger partial charge < -0.3 is 4.74 Å². The standard InChI is InChI=1S/C10H12O4S/c1-10(2)6-7-5-8(15(11,12)13)3-4-9(7)14-10/h3-5H,6H2,1-2H3,(H,11,12,13). The fourth-order valence-electron chi connectivity index (χ4n) is 1.75. The number of hydrogen-bond donors (Lipinski definition) is 1. The molecule has 0 unspecified atom stereocenters. The van der Waals surface area contributed by atoms with Crippen molar-refractivity contribution in [2.45, 2.75) is 30.8 Å². The Balaban J connectivity index is 2.48. The van der Waals surface area contributed by atoms with E-state index in [-0.39, 0.29) is 10.5 Å². The summed E-state index contributed by atoms with van der Waals surface area (Å²) in [4.78, 5) is -0.0810. The van der Waals surface area contributed by atoms with Crippen LogP contribution in [0.25, 0.3) is 0 Å². The molecule has 0 radical (unpaired) electrons. The second kappa shape index (κ2) is 2.96. The summed E-state index contributed by atoms with van der Waals surface area (Å²) in [5, 5.41) is 0. The van der Waals surface area contributed by atoms with E-state index in [1.807, 2.05) is 13.8 Å². The Hall–Kier alpha value is -1.07. The van der Waals surface area contributed by atoms with E-state index in [4.69, 9.17) is 9.29 Å². The molecule has 0 spiro atoms. The molecule has 0 aromatic heterocycles. The van der Waals surface area contributed by atoms with Gasteiger partial charge in [-0.05, 0) is 37.6 Å². The third-order valence-electron chi connectivity index (χ3n) is 2.33. The second-order valence-electron chi connectivity index (χ2n) is 4.28. The number of ether oxygens (including phenoxy) is 1. The van der Waals surface area contributed by atoms with Crippen LogP contribution in [-0.4, -0.2) is 18.6 Å². The van der Waals surface area contributed by atoms with Gasteiger partial charge in [0.2, 0.25) is 0 Å². The minimum absolute atomic E-state index is 0.0810. The molecule has 1 aliphatic heterocycles. The summed E-state index contributed by atoms with van der Waals surface area (Å²) in [6.07, 6.45) is 0.645. The van der Waals surface area contributed by atoms with Crippen LogP contribution in [0.4, 0.5) is 0 Å². The molecule has 0 aliphatic carbocycles. The summed E-state index contributed by atoms with van der Waals surface area (Å²) in [7, 11) is -4.12. The summed E-state index contributed by atoms with van der Waals surface area (Å²) in [6.45, 7) is 3.86. The molecule has 0 fully saturated rings. The second-order valence-corrected chi connectivity index (χ2v) is 5.70. The Morgan fingerprint density at radius 2 is 2.07 bits per heavy atom. The van der Waals surface area contributed by atoms with E-state index >= 15 is 0 Å². The van der Waals surface area contributed by atoms with Gasteiger partial charge in [0.1, 0.15) is 11.4 Å². The van der Waals surface area contributed by atoms with Crippen molar-refractivity contribution in [2.75, 3.05) is 0 Å². The minimum atomic E-state index is -4.12. The maximum absolute atomic E-state index is 10.9. The zero-order valence-electron chi connectivity index (χ0n) is 8.52. The van der Waals surface area contributed by atoms with Crippen molar-refractivity contribution in [2.24, 2.45) is 0 Å². The molecule has 0 bridgehead atoms. The summed E-state index contributed by atoms with van der Waals surface area (Å²) in [5.41, 5.74) is 0.510. The van der Waals surface area contributed by atoms with Crippen molar-refractivity contribution < 1.29 is 17.7 Å². The topological polar surface area (TPSA) is 63.6 Å². The molecular formula is C10H12O4S. The third kappa shape index (κ3) is 1.98. The van der Waals surface area contributed by atoms with Crippen LogP contribution >= 0.6 is 0 Å². The molecule has 1 aromatic rings. The highest BCUT2D eigenvalue weighted by Gasteiger charge is 2.30. The predicted molar refractivity (Wildman–Crippen MR) is 54.7 cm³/mol. The van der Waals surface area contributed by atoms with E-state index in [1.165, 1.54) is 12.1 Å². The molecule has 1 aromatic carbocycles. The van der Waals surface area contributed by atoms with E-state index in [0.717, 1.165) is 5.56 Å². The zero-order valence-corrected chi connectivity index (χ0v) is 9.34. The summed E-state index contributed by atoms with van der Waals surface area (Å²) in [6, 6.07) is 4.38. The molecule has 0 saturated carbocycles. The summed E-state index contributed by atoms with van der Waals surface area (Å²) in [5.74, 6) is 0.687. The first-order valence-electron chi connectivity index (χ1n) is 4.57. The molecule has 4 nitrogen and oxygen atoms in total. The van der Waals surface area contributed by atoms with Crippen molar-refractivity contribution in [3.63, 3.8) is 0 Å². The zero-order chi connectivity index (χ0) is 11.3. The number of hydrogen-bond acceptors (Lipinski definition) is 3. The number of fused-ring (bicyclic) bond motifs is 1. The minimum Gasteiger partial charge on any atom is -0.487 e. The lowest BCUT2D eigenvalue weighted by Gasteiger charge is -2.16. The lowest BCUT2D eigenvalue weighted by Crippen LogP contribution is -2.24. The summed E-state index contributed by atoms with van der Waals surface area (Å²) < 4.78 is 36.3. The normalized spacial score (nSPS) is 18.3. The monoisotopic (exact) mass is 228 g/mol. The Morgan fingerprint density at radius 1 is 1.40 bits per heavy atom. The molecule has 0 saturated heterocycles. The highest BCUT2D eigenvalue weighted by atomic mass is 32.2. The van der Waals surface area contributed by atoms with Gasteiger partial charge in [-0.1, -0.05) is 0 Å². The molecule has 2 rings (SSSR count). The van der Waals surface area contributed by atoms with Crippen LogP contribution in [0.3, 0.4) is 0 Å². The maximum atomic E-state index is 10.9. The van der Waals surface area contributed by atoms with E-state index in [1.54, 1.807) is 6.07 Å². The molecule has 0 atom stereocenters. The van der Waals surface area contributed by atoms with E-state index in [0.29, 0.717) is 12.2 Å². The Kier molecular flexibility index (Phi) is 2.06. The lowest BCUT2D eigenvalue weighted by molar-refractivity contribution is 0.138. The van der Waals surface area contributed by atoms with Gasteiger partial charge in [-0.2, -0.15) is 8.42 Å². The van der Waals surface area contributed by atoms with Crippen LogP contribution in [0.15, 0.2) is 23.1 Å². The number of benzene rings is 1. The van der Waals surface area contributed by atoms with Crippen LogP contribution in [0, 0.1) is 0 Å². The van der Waals surface area contributed by atoms with E-state index in [2.05, 4.69) is 0 Å². The first-order valence-corrected chi connectivity index (χ1v) is 6.01. The van der Waals surface area contributed by atoms with Crippen molar-refractivity contribution in [1.29, 1.82) is 0 Å². The highest BCUT2D eigenvalue weighted by Crippen LogP contribution is 2.35. The van der Waals surface area contributed by atoms with Gasteiger partial charge >= 0.3 is 0 Å². The van der Waals surface area contributed by atoms with Crippen molar-refractivity contribution >= 4 is 10.1 Å². The van der Waals surface area contributed by atoms with Crippen LogP contribution in [0.2, 0.25) is 0 Å². The first-order chi connectivity index (χ1) is 6.78. The SMILES string of the molecule is CC1(C)Cc2cc(S(=O)(=O)O)ccc2O1. The Morgan fingerprint density at radius 3 is 2.67 bits per heavy atom. The average Bonchev–Trinajstić information content (AvgIpc) is 2.34. The van der Waals surface area contributed by atoms with E-state index < -0.39 is 10.1 Å². The molecule has 1 aliphatic rings. The van der Waals surface area contributed by atoms with Crippen LogP contribution in [0.5, 0.6) is 5.75 Å². The molecule has 1 N–H and O–H groups in total. The van der Waals surface area contributed by atoms with Gasteiger partial charge in [-0.15, -0.1) is 0 Å². The number of rotatable bonds is 1. The predicted octanol–water partition coefficient (Wildman–Crippen LogP) is 1.65. The molecule has 0 amide bonds. The van der Waals surface area contributed by atoms with Crippen LogP contribution in [-0.2, 0) is 16.5 Å². The maximum Gasteiger partial charge on any atom is 0.294 e. The van der Waals surface area contributed by atoms with Crippen molar-refractivity contribution in [3.05, 3.63) is 23.8 Å². The van der Waals surface area contributed by atoms with Crippen LogP contribution in [0.1, 0.15) is 19.4 Å². The first kappa shape index (κ1) is 10.4. The molecular weight excluding hydrogens is 216 g/mol. The fraction of sp³-hybridized carbons (Fsp3) is 0.400.